The van der Waals surface area contributed by atoms with Crippen LogP contribution in [0.4, 0.5) is 0 Å². The number of hydrogen-bond donors (Lipinski definition) is 3. The second kappa shape index (κ2) is 4.37. The summed E-state index contributed by atoms with van der Waals surface area (Å²) in [5.74, 6) is -1.13. The van der Waals surface area contributed by atoms with E-state index in [1.807, 2.05) is 24.3 Å². The highest BCUT2D eigenvalue weighted by Gasteiger charge is 2.09. The maximum absolute atomic E-state index is 9.43. The van der Waals surface area contributed by atoms with Gasteiger partial charge in [-0.25, -0.2) is 0 Å². The lowest BCUT2D eigenvalue weighted by Gasteiger charge is -2.06. The maximum atomic E-state index is 9.43. The van der Waals surface area contributed by atoms with Crippen molar-refractivity contribution in [2.75, 3.05) is 0 Å². The van der Waals surface area contributed by atoms with Gasteiger partial charge in [0.1, 0.15) is 0 Å². The molecule has 0 atom stereocenters. The molecular formula is C14H14O3. The van der Waals surface area contributed by atoms with Crippen molar-refractivity contribution in [1.82, 2.24) is 0 Å². The minimum Gasteiger partial charge on any atom is -0.504 e. The smallest absolute Gasteiger partial charge is 0.200 e. The molecule has 0 amide bonds. The van der Waals surface area contributed by atoms with Gasteiger partial charge in [0.05, 0.1) is 0 Å². The van der Waals surface area contributed by atoms with Gasteiger partial charge in [0.2, 0.25) is 0 Å². The Hall–Kier alpha value is -2.16. The molecule has 0 saturated heterocycles. The molecule has 0 radical (unpaired) electrons. The quantitative estimate of drug-likeness (QED) is 0.695. The first-order valence-electron chi connectivity index (χ1n) is 5.46. The van der Waals surface area contributed by atoms with Crippen molar-refractivity contribution in [3.8, 4) is 28.4 Å². The molecule has 0 saturated carbocycles. The summed E-state index contributed by atoms with van der Waals surface area (Å²) in [6, 6.07) is 10.7. The summed E-state index contributed by atoms with van der Waals surface area (Å²) in [5.41, 5.74) is 2.77. The van der Waals surface area contributed by atoms with Gasteiger partial charge in [-0.3, -0.25) is 0 Å². The largest absolute Gasteiger partial charge is 0.504 e. The van der Waals surface area contributed by atoms with Crippen LogP contribution in [0, 0.1) is 0 Å². The van der Waals surface area contributed by atoms with E-state index in [0.29, 0.717) is 5.56 Å². The molecule has 0 spiro atoms. The van der Waals surface area contributed by atoms with E-state index < -0.39 is 5.75 Å². The SMILES string of the molecule is CCc1ccc(-c2cc(O)c(O)c(O)c2)cc1. The van der Waals surface area contributed by atoms with Crippen molar-refractivity contribution in [2.24, 2.45) is 0 Å². The molecule has 2 aromatic rings. The van der Waals surface area contributed by atoms with E-state index in [-0.39, 0.29) is 11.5 Å². The predicted octanol–water partition coefficient (Wildman–Crippen LogP) is 3.03. The van der Waals surface area contributed by atoms with Crippen LogP contribution in [0.3, 0.4) is 0 Å². The Labute approximate surface area is 99.6 Å². The summed E-state index contributed by atoms with van der Waals surface area (Å²) >= 11 is 0. The molecule has 0 unspecified atom stereocenters. The summed E-state index contributed by atoms with van der Waals surface area (Å²) in [6.07, 6.45) is 0.965. The van der Waals surface area contributed by atoms with Crippen molar-refractivity contribution in [1.29, 1.82) is 0 Å². The summed E-state index contributed by atoms with van der Waals surface area (Å²) in [5, 5.41) is 28.1. The van der Waals surface area contributed by atoms with Crippen molar-refractivity contribution in [2.45, 2.75) is 13.3 Å². The second-order valence-electron chi connectivity index (χ2n) is 3.91. The summed E-state index contributed by atoms with van der Waals surface area (Å²) in [4.78, 5) is 0. The van der Waals surface area contributed by atoms with Crippen molar-refractivity contribution < 1.29 is 15.3 Å². The first kappa shape index (κ1) is 11.3. The molecule has 0 heterocycles. The lowest BCUT2D eigenvalue weighted by Crippen LogP contribution is -1.82. The average Bonchev–Trinajstić information content (AvgIpc) is 2.35. The molecule has 0 aromatic heterocycles. The molecule has 3 N–H and O–H groups in total. The predicted molar refractivity (Wildman–Crippen MR) is 66.3 cm³/mol. The lowest BCUT2D eigenvalue weighted by molar-refractivity contribution is 0.368. The van der Waals surface area contributed by atoms with Crippen LogP contribution in [-0.4, -0.2) is 15.3 Å². The molecule has 3 heteroatoms. The van der Waals surface area contributed by atoms with Crippen LogP contribution in [0.2, 0.25) is 0 Å². The van der Waals surface area contributed by atoms with Crippen molar-refractivity contribution in [3.05, 3.63) is 42.0 Å². The maximum Gasteiger partial charge on any atom is 0.200 e. The van der Waals surface area contributed by atoms with E-state index in [1.54, 1.807) is 0 Å². The summed E-state index contributed by atoms with van der Waals surface area (Å²) < 4.78 is 0. The molecule has 0 aliphatic rings. The molecule has 0 aliphatic carbocycles. The second-order valence-corrected chi connectivity index (χ2v) is 3.91. The monoisotopic (exact) mass is 230 g/mol. The van der Waals surface area contributed by atoms with E-state index in [1.165, 1.54) is 17.7 Å². The van der Waals surface area contributed by atoms with Gasteiger partial charge in [0.15, 0.2) is 17.2 Å². The van der Waals surface area contributed by atoms with Gasteiger partial charge >= 0.3 is 0 Å². The third-order valence-electron chi connectivity index (χ3n) is 2.77. The highest BCUT2D eigenvalue weighted by molar-refractivity contribution is 5.70. The number of hydrogen-bond acceptors (Lipinski definition) is 3. The Balaban J connectivity index is 2.45. The van der Waals surface area contributed by atoms with Crippen molar-refractivity contribution >= 4 is 0 Å². The van der Waals surface area contributed by atoms with E-state index in [9.17, 15) is 15.3 Å². The highest BCUT2D eigenvalue weighted by atomic mass is 16.3. The van der Waals surface area contributed by atoms with E-state index in [2.05, 4.69) is 6.92 Å². The summed E-state index contributed by atoms with van der Waals surface area (Å²) in [7, 11) is 0. The number of phenols is 3. The molecule has 88 valence electrons. The van der Waals surface area contributed by atoms with Gasteiger partial charge in [-0.1, -0.05) is 31.2 Å². The molecule has 0 aliphatic heterocycles. The van der Waals surface area contributed by atoms with Gasteiger partial charge in [0, 0.05) is 0 Å². The fourth-order valence-corrected chi connectivity index (χ4v) is 1.70. The fourth-order valence-electron chi connectivity index (χ4n) is 1.70. The molecule has 0 bridgehead atoms. The van der Waals surface area contributed by atoms with Crippen LogP contribution >= 0.6 is 0 Å². The minimum absolute atomic E-state index is 0.320. The zero-order valence-electron chi connectivity index (χ0n) is 9.51. The summed E-state index contributed by atoms with van der Waals surface area (Å²) in [6.45, 7) is 2.08. The molecule has 0 fully saturated rings. The lowest BCUT2D eigenvalue weighted by atomic mass is 10.0. The Morgan fingerprint density at radius 2 is 1.35 bits per heavy atom. The number of benzene rings is 2. The van der Waals surface area contributed by atoms with Gasteiger partial charge in [-0.2, -0.15) is 0 Å². The highest BCUT2D eigenvalue weighted by Crippen LogP contribution is 2.38. The van der Waals surface area contributed by atoms with Crippen LogP contribution in [0.15, 0.2) is 36.4 Å². The standard InChI is InChI=1S/C14H14O3/c1-2-9-3-5-10(6-4-9)11-7-12(15)14(17)13(16)8-11/h3-8,15-17H,2H2,1H3. The molecule has 2 rings (SSSR count). The van der Waals surface area contributed by atoms with Gasteiger partial charge in [-0.05, 0) is 35.2 Å². The first-order valence-corrected chi connectivity index (χ1v) is 5.46. The van der Waals surface area contributed by atoms with E-state index in [0.717, 1.165) is 12.0 Å². The first-order chi connectivity index (χ1) is 8.11. The zero-order chi connectivity index (χ0) is 12.4. The van der Waals surface area contributed by atoms with Crippen LogP contribution in [0.25, 0.3) is 11.1 Å². The average molecular weight is 230 g/mol. The number of aromatic hydroxyl groups is 3. The van der Waals surface area contributed by atoms with E-state index >= 15 is 0 Å². The van der Waals surface area contributed by atoms with Gasteiger partial charge < -0.3 is 15.3 Å². The fraction of sp³-hybridized carbons (Fsp3) is 0.143. The molecule has 2 aromatic carbocycles. The normalized spacial score (nSPS) is 10.4. The van der Waals surface area contributed by atoms with Crippen LogP contribution in [-0.2, 0) is 6.42 Å². The Morgan fingerprint density at radius 1 is 0.824 bits per heavy atom. The number of aryl methyl sites for hydroxylation is 1. The topological polar surface area (TPSA) is 60.7 Å². The third-order valence-corrected chi connectivity index (χ3v) is 2.77. The van der Waals surface area contributed by atoms with E-state index in [4.69, 9.17) is 0 Å². The Bertz CT molecular complexity index is 507. The third kappa shape index (κ3) is 2.18. The van der Waals surface area contributed by atoms with Crippen LogP contribution in [0.5, 0.6) is 17.2 Å². The molecule has 17 heavy (non-hydrogen) atoms. The van der Waals surface area contributed by atoms with Crippen LogP contribution < -0.4 is 0 Å². The van der Waals surface area contributed by atoms with Gasteiger partial charge in [-0.15, -0.1) is 0 Å². The molecular weight excluding hydrogens is 216 g/mol. The Kier molecular flexibility index (Phi) is 2.91. The molecule has 3 nitrogen and oxygen atoms in total. The zero-order valence-corrected chi connectivity index (χ0v) is 9.51. The van der Waals surface area contributed by atoms with Crippen molar-refractivity contribution in [3.63, 3.8) is 0 Å². The van der Waals surface area contributed by atoms with Gasteiger partial charge in [0.25, 0.3) is 0 Å². The number of rotatable bonds is 2. The Morgan fingerprint density at radius 3 is 1.82 bits per heavy atom. The minimum atomic E-state index is -0.487. The number of phenolic OH excluding ortho intramolecular Hbond substituents is 3. The van der Waals surface area contributed by atoms with Crippen LogP contribution in [0.1, 0.15) is 12.5 Å².